The monoisotopic (exact) mass is 381 g/mol. The molecule has 0 spiro atoms. The normalized spacial score (nSPS) is 15.1. The maximum Gasteiger partial charge on any atom is 0.251 e. The number of amides is 1. The van der Waals surface area contributed by atoms with Gasteiger partial charge in [-0.25, -0.2) is 0 Å². The number of hydrogen-bond acceptors (Lipinski definition) is 4. The molecule has 142 valence electrons. The van der Waals surface area contributed by atoms with Crippen LogP contribution in [0.5, 0.6) is 0 Å². The Labute approximate surface area is 168 Å². The molecule has 29 heavy (non-hydrogen) atoms. The van der Waals surface area contributed by atoms with Gasteiger partial charge in [0, 0.05) is 16.7 Å². The smallest absolute Gasteiger partial charge is 0.251 e. The topological polar surface area (TPSA) is 68.0 Å². The Morgan fingerprint density at radius 3 is 2.24 bits per heavy atom. The van der Waals surface area contributed by atoms with Crippen molar-refractivity contribution in [1.82, 2.24) is 15.5 Å². The van der Waals surface area contributed by atoms with Crippen molar-refractivity contribution in [3.8, 4) is 22.9 Å². The predicted molar refractivity (Wildman–Crippen MR) is 110 cm³/mol. The first-order valence-corrected chi connectivity index (χ1v) is 9.66. The summed E-state index contributed by atoms with van der Waals surface area (Å²) in [6, 6.07) is 25.2. The third kappa shape index (κ3) is 3.43. The van der Waals surface area contributed by atoms with E-state index in [1.54, 1.807) is 12.1 Å². The Balaban J connectivity index is 1.31. The zero-order chi connectivity index (χ0) is 19.6. The van der Waals surface area contributed by atoms with Crippen molar-refractivity contribution in [3.63, 3.8) is 0 Å². The van der Waals surface area contributed by atoms with E-state index in [1.165, 1.54) is 11.1 Å². The molecule has 1 amide bonds. The molecule has 0 radical (unpaired) electrons. The van der Waals surface area contributed by atoms with Gasteiger partial charge in [-0.15, -0.1) is 10.2 Å². The van der Waals surface area contributed by atoms with Crippen LogP contribution in [0.4, 0.5) is 0 Å². The zero-order valence-corrected chi connectivity index (χ0v) is 15.7. The number of fused-ring (bicyclic) bond motifs is 1. The van der Waals surface area contributed by atoms with Crippen LogP contribution in [0.2, 0.25) is 0 Å². The number of rotatable bonds is 4. The number of hydrogen-bond donors (Lipinski definition) is 1. The summed E-state index contributed by atoms with van der Waals surface area (Å²) in [6.45, 7) is 0. The van der Waals surface area contributed by atoms with E-state index >= 15 is 0 Å². The van der Waals surface area contributed by atoms with Gasteiger partial charge in [0.2, 0.25) is 11.8 Å². The van der Waals surface area contributed by atoms with Crippen molar-refractivity contribution in [2.24, 2.45) is 0 Å². The molecule has 0 saturated heterocycles. The second-order valence-electron chi connectivity index (χ2n) is 7.12. The van der Waals surface area contributed by atoms with E-state index in [1.807, 2.05) is 54.6 Å². The maximum atomic E-state index is 12.7. The van der Waals surface area contributed by atoms with Crippen LogP contribution in [-0.4, -0.2) is 16.1 Å². The molecule has 1 aliphatic carbocycles. The summed E-state index contributed by atoms with van der Waals surface area (Å²) in [5.74, 6) is 0.830. The first-order chi connectivity index (χ1) is 14.3. The van der Waals surface area contributed by atoms with Crippen molar-refractivity contribution in [2.75, 3.05) is 0 Å². The van der Waals surface area contributed by atoms with Gasteiger partial charge in [0.15, 0.2) is 0 Å². The summed E-state index contributed by atoms with van der Waals surface area (Å²) in [5.41, 5.74) is 4.80. The lowest BCUT2D eigenvalue weighted by Gasteiger charge is -2.14. The van der Waals surface area contributed by atoms with E-state index in [9.17, 15) is 4.79 Å². The average Bonchev–Trinajstić information content (AvgIpc) is 3.43. The second kappa shape index (κ2) is 7.36. The Morgan fingerprint density at radius 1 is 0.828 bits per heavy atom. The highest BCUT2D eigenvalue weighted by Gasteiger charge is 2.23. The van der Waals surface area contributed by atoms with E-state index in [-0.39, 0.29) is 11.9 Å². The lowest BCUT2D eigenvalue weighted by Crippen LogP contribution is -2.27. The molecular formula is C24H19N3O2. The van der Waals surface area contributed by atoms with Crippen LogP contribution < -0.4 is 5.32 Å². The number of carbonyl (C=O) groups excluding carboxylic acids is 1. The molecule has 1 aromatic heterocycles. The molecule has 1 N–H and O–H groups in total. The Hall–Kier alpha value is -3.73. The molecule has 5 nitrogen and oxygen atoms in total. The second-order valence-corrected chi connectivity index (χ2v) is 7.12. The molecule has 0 saturated carbocycles. The maximum absolute atomic E-state index is 12.7. The van der Waals surface area contributed by atoms with Crippen molar-refractivity contribution >= 4 is 5.91 Å². The minimum absolute atomic E-state index is 0.0720. The Bertz CT molecular complexity index is 1150. The average molecular weight is 381 g/mol. The molecule has 3 aromatic carbocycles. The zero-order valence-electron chi connectivity index (χ0n) is 15.7. The first kappa shape index (κ1) is 17.4. The number of carbonyl (C=O) groups is 1. The molecule has 0 aliphatic heterocycles. The quantitative estimate of drug-likeness (QED) is 0.550. The largest absolute Gasteiger partial charge is 0.416 e. The highest BCUT2D eigenvalue weighted by molar-refractivity contribution is 5.94. The number of aromatic nitrogens is 2. The third-order valence-corrected chi connectivity index (χ3v) is 5.28. The molecule has 1 heterocycles. The van der Waals surface area contributed by atoms with E-state index in [4.69, 9.17) is 4.42 Å². The van der Waals surface area contributed by atoms with Crippen molar-refractivity contribution in [3.05, 3.63) is 95.6 Å². The molecular weight excluding hydrogens is 362 g/mol. The fraction of sp³-hybridized carbons (Fsp3) is 0.125. The fourth-order valence-corrected chi connectivity index (χ4v) is 3.75. The van der Waals surface area contributed by atoms with Crippen LogP contribution in [0, 0.1) is 0 Å². The van der Waals surface area contributed by atoms with Gasteiger partial charge in [0.1, 0.15) is 0 Å². The van der Waals surface area contributed by atoms with Gasteiger partial charge in [-0.3, -0.25) is 4.79 Å². The van der Waals surface area contributed by atoms with Gasteiger partial charge in [-0.1, -0.05) is 42.5 Å². The highest BCUT2D eigenvalue weighted by Crippen LogP contribution is 2.31. The number of aryl methyl sites for hydroxylation is 1. The van der Waals surface area contributed by atoms with Crippen LogP contribution in [0.25, 0.3) is 22.9 Å². The number of nitrogens with zero attached hydrogens (tertiary/aromatic N) is 2. The molecule has 5 rings (SSSR count). The van der Waals surface area contributed by atoms with Crippen LogP contribution in [-0.2, 0) is 6.42 Å². The van der Waals surface area contributed by atoms with Crippen LogP contribution >= 0.6 is 0 Å². The van der Waals surface area contributed by atoms with Crippen molar-refractivity contribution in [1.29, 1.82) is 0 Å². The van der Waals surface area contributed by atoms with Crippen LogP contribution in [0.3, 0.4) is 0 Å². The van der Waals surface area contributed by atoms with E-state index < -0.39 is 0 Å². The minimum Gasteiger partial charge on any atom is -0.416 e. The molecule has 1 aliphatic rings. The van der Waals surface area contributed by atoms with E-state index in [2.05, 4.69) is 27.6 Å². The first-order valence-electron chi connectivity index (χ1n) is 9.66. The third-order valence-electron chi connectivity index (χ3n) is 5.28. The van der Waals surface area contributed by atoms with Gasteiger partial charge >= 0.3 is 0 Å². The van der Waals surface area contributed by atoms with Crippen LogP contribution in [0.15, 0.2) is 83.3 Å². The Morgan fingerprint density at radius 2 is 1.48 bits per heavy atom. The van der Waals surface area contributed by atoms with E-state index in [0.717, 1.165) is 24.0 Å². The summed E-state index contributed by atoms with van der Waals surface area (Å²) in [7, 11) is 0. The fourth-order valence-electron chi connectivity index (χ4n) is 3.75. The van der Waals surface area contributed by atoms with Crippen molar-refractivity contribution < 1.29 is 9.21 Å². The van der Waals surface area contributed by atoms with Gasteiger partial charge in [-0.05, 0) is 60.4 Å². The molecule has 5 heteroatoms. The van der Waals surface area contributed by atoms with Gasteiger partial charge in [-0.2, -0.15) is 0 Å². The molecule has 4 aromatic rings. The molecule has 0 bridgehead atoms. The summed E-state index contributed by atoms with van der Waals surface area (Å²) in [6.07, 6.45) is 1.94. The van der Waals surface area contributed by atoms with Gasteiger partial charge in [0.05, 0.1) is 6.04 Å². The number of nitrogens with one attached hydrogen (secondary N) is 1. The summed E-state index contributed by atoms with van der Waals surface area (Å²) < 4.78 is 5.78. The van der Waals surface area contributed by atoms with Crippen molar-refractivity contribution in [2.45, 2.75) is 18.9 Å². The lowest BCUT2D eigenvalue weighted by molar-refractivity contribution is 0.0936. The van der Waals surface area contributed by atoms with E-state index in [0.29, 0.717) is 17.3 Å². The summed E-state index contributed by atoms with van der Waals surface area (Å²) in [5, 5.41) is 11.4. The van der Waals surface area contributed by atoms with Gasteiger partial charge < -0.3 is 9.73 Å². The summed E-state index contributed by atoms with van der Waals surface area (Å²) >= 11 is 0. The molecule has 1 atom stereocenters. The minimum atomic E-state index is -0.0752. The SMILES string of the molecule is O=C(N[C@H]1CCc2ccccc21)c1ccc(-c2nnc(-c3ccccc3)o2)cc1. The van der Waals surface area contributed by atoms with Gasteiger partial charge in [0.25, 0.3) is 5.91 Å². The summed E-state index contributed by atoms with van der Waals surface area (Å²) in [4.78, 5) is 12.7. The van der Waals surface area contributed by atoms with Crippen LogP contribution in [0.1, 0.15) is 33.9 Å². The highest BCUT2D eigenvalue weighted by atomic mass is 16.4. The standard InChI is InChI=1S/C24H19N3O2/c28-22(25-21-15-14-16-6-4-5-9-20(16)21)17-10-12-19(13-11-17)24-27-26-23(29-24)18-7-2-1-3-8-18/h1-13,21H,14-15H2,(H,25,28)/t21-/m0/s1. The molecule has 0 unspecified atom stereocenters. The predicted octanol–water partition coefficient (Wildman–Crippen LogP) is 4.82. The Kier molecular flexibility index (Phi) is 4.41. The molecule has 0 fully saturated rings. The lowest BCUT2D eigenvalue weighted by atomic mass is 10.1. The number of benzene rings is 3.